The molecule has 0 spiro atoms. The molecule has 1 amide bonds. The number of aliphatic hydroxyl groups is 1. The smallest absolute Gasteiger partial charge is 0.383 e. The van der Waals surface area contributed by atoms with Gasteiger partial charge in [0.2, 0.25) is 5.91 Å². The Labute approximate surface area is 137 Å². The highest BCUT2D eigenvalue weighted by atomic mass is 19.4. The fraction of sp³-hybridized carbons (Fsp3) is 0.588. The number of alkyl halides is 3. The summed E-state index contributed by atoms with van der Waals surface area (Å²) in [5, 5.41) is 9.35. The molecule has 1 aliphatic carbocycles. The topological polar surface area (TPSA) is 40.5 Å². The fourth-order valence-corrected chi connectivity index (χ4v) is 3.51. The van der Waals surface area contributed by atoms with Crippen LogP contribution in [0.25, 0.3) is 0 Å². The molecular weight excluding hydrogens is 326 g/mol. The van der Waals surface area contributed by atoms with Crippen molar-refractivity contribution in [1.29, 1.82) is 0 Å². The van der Waals surface area contributed by atoms with Crippen molar-refractivity contribution in [3.63, 3.8) is 0 Å². The molecule has 3 rings (SSSR count). The molecule has 1 N–H and O–H groups in total. The number of halogens is 4. The summed E-state index contributed by atoms with van der Waals surface area (Å²) in [5.41, 5.74) is 0.106. The van der Waals surface area contributed by atoms with Crippen molar-refractivity contribution >= 4 is 5.91 Å². The van der Waals surface area contributed by atoms with Crippen molar-refractivity contribution in [2.45, 2.75) is 43.4 Å². The lowest BCUT2D eigenvalue weighted by Crippen LogP contribution is -2.47. The molecule has 1 unspecified atom stereocenters. The molecule has 24 heavy (non-hydrogen) atoms. The average molecular weight is 345 g/mol. The second kappa shape index (κ2) is 6.02. The Bertz CT molecular complexity index is 602. The number of hydrogen-bond donors (Lipinski definition) is 1. The molecule has 0 bridgehead atoms. The molecular formula is C17H19F4NO2. The number of carbonyl (C=O) groups is 1. The number of hydrogen-bond acceptors (Lipinski definition) is 2. The summed E-state index contributed by atoms with van der Waals surface area (Å²) < 4.78 is 50.8. The van der Waals surface area contributed by atoms with Gasteiger partial charge in [-0.2, -0.15) is 13.2 Å². The SMILES string of the molecule is O=C(N1CCC(C(O)C(F)(F)F)CC1)C1(c2ccc(F)cc2)CC1. The largest absolute Gasteiger partial charge is 0.414 e. The number of nitrogens with zero attached hydrogens (tertiary/aromatic N) is 1. The quantitative estimate of drug-likeness (QED) is 0.856. The van der Waals surface area contributed by atoms with Gasteiger partial charge < -0.3 is 10.0 Å². The number of carbonyl (C=O) groups excluding carboxylic acids is 1. The van der Waals surface area contributed by atoms with Crippen molar-refractivity contribution in [3.8, 4) is 0 Å². The van der Waals surface area contributed by atoms with Crippen LogP contribution in [-0.2, 0) is 10.2 Å². The van der Waals surface area contributed by atoms with E-state index in [2.05, 4.69) is 0 Å². The van der Waals surface area contributed by atoms with Gasteiger partial charge in [0, 0.05) is 13.1 Å². The average Bonchev–Trinajstić information content (AvgIpc) is 3.35. The van der Waals surface area contributed by atoms with Gasteiger partial charge in [-0.3, -0.25) is 4.79 Å². The van der Waals surface area contributed by atoms with Crippen LogP contribution in [0.2, 0.25) is 0 Å². The van der Waals surface area contributed by atoms with Crippen molar-refractivity contribution in [2.75, 3.05) is 13.1 Å². The predicted molar refractivity (Wildman–Crippen MR) is 78.7 cm³/mol. The van der Waals surface area contributed by atoms with Crippen LogP contribution >= 0.6 is 0 Å². The maximum atomic E-state index is 13.1. The number of piperidine rings is 1. The van der Waals surface area contributed by atoms with E-state index in [-0.39, 0.29) is 37.7 Å². The Morgan fingerprint density at radius 1 is 1.17 bits per heavy atom. The zero-order valence-electron chi connectivity index (χ0n) is 13.0. The summed E-state index contributed by atoms with van der Waals surface area (Å²) in [7, 11) is 0. The van der Waals surface area contributed by atoms with Crippen LogP contribution in [0.5, 0.6) is 0 Å². The summed E-state index contributed by atoms with van der Waals surface area (Å²) in [6.45, 7) is 0.416. The van der Waals surface area contributed by atoms with Gasteiger partial charge in [0.05, 0.1) is 5.41 Å². The summed E-state index contributed by atoms with van der Waals surface area (Å²) in [6.07, 6.45) is -5.35. The van der Waals surface area contributed by atoms with Crippen molar-refractivity contribution in [3.05, 3.63) is 35.6 Å². The lowest BCUT2D eigenvalue weighted by Gasteiger charge is -2.36. The second-order valence-electron chi connectivity index (χ2n) is 6.71. The van der Waals surface area contributed by atoms with Crippen LogP contribution in [0.4, 0.5) is 17.6 Å². The monoisotopic (exact) mass is 345 g/mol. The highest BCUT2D eigenvalue weighted by molar-refractivity contribution is 5.91. The Hall–Kier alpha value is -1.63. The normalized spacial score (nSPS) is 22.3. The van der Waals surface area contributed by atoms with Gasteiger partial charge in [-0.15, -0.1) is 0 Å². The molecule has 0 aromatic heterocycles. The van der Waals surface area contributed by atoms with E-state index in [1.54, 1.807) is 17.0 Å². The van der Waals surface area contributed by atoms with Gasteiger partial charge in [-0.1, -0.05) is 12.1 Å². The van der Waals surface area contributed by atoms with Crippen LogP contribution in [-0.4, -0.2) is 41.3 Å². The van der Waals surface area contributed by atoms with Gasteiger partial charge in [-0.25, -0.2) is 4.39 Å². The van der Waals surface area contributed by atoms with E-state index >= 15 is 0 Å². The minimum absolute atomic E-state index is 0.103. The van der Waals surface area contributed by atoms with Crippen LogP contribution in [0, 0.1) is 11.7 Å². The molecule has 1 aromatic rings. The molecule has 2 fully saturated rings. The van der Waals surface area contributed by atoms with Crippen molar-refractivity contribution in [2.24, 2.45) is 5.92 Å². The fourth-order valence-electron chi connectivity index (χ4n) is 3.51. The first-order valence-electron chi connectivity index (χ1n) is 8.04. The van der Waals surface area contributed by atoms with Gasteiger partial charge in [-0.05, 0) is 49.3 Å². The highest BCUT2D eigenvalue weighted by Gasteiger charge is 2.53. The molecule has 1 aliphatic heterocycles. The molecule has 0 radical (unpaired) electrons. The Kier molecular flexibility index (Phi) is 4.32. The van der Waals surface area contributed by atoms with Gasteiger partial charge >= 0.3 is 6.18 Å². The summed E-state index contributed by atoms with van der Waals surface area (Å²) in [6, 6.07) is 5.82. The zero-order chi connectivity index (χ0) is 17.5. The van der Waals surface area contributed by atoms with Gasteiger partial charge in [0.1, 0.15) is 5.82 Å². The van der Waals surface area contributed by atoms with Crippen molar-refractivity contribution in [1.82, 2.24) is 4.90 Å². The maximum absolute atomic E-state index is 13.1. The first-order chi connectivity index (χ1) is 11.2. The van der Waals surface area contributed by atoms with E-state index in [1.807, 2.05) is 0 Å². The third kappa shape index (κ3) is 3.14. The van der Waals surface area contributed by atoms with Gasteiger partial charge in [0.15, 0.2) is 6.10 Å². The third-order valence-electron chi connectivity index (χ3n) is 5.16. The van der Waals surface area contributed by atoms with E-state index in [9.17, 15) is 27.5 Å². The van der Waals surface area contributed by atoms with E-state index in [0.717, 1.165) is 5.56 Å². The lowest BCUT2D eigenvalue weighted by molar-refractivity contribution is -0.223. The number of benzene rings is 1. The first kappa shape index (κ1) is 17.2. The van der Waals surface area contributed by atoms with Crippen LogP contribution in [0.15, 0.2) is 24.3 Å². The Morgan fingerprint density at radius 3 is 2.17 bits per heavy atom. The van der Waals surface area contributed by atoms with Gasteiger partial charge in [0.25, 0.3) is 0 Å². The Morgan fingerprint density at radius 2 is 1.71 bits per heavy atom. The number of amides is 1. The molecule has 2 aliphatic rings. The highest BCUT2D eigenvalue weighted by Crippen LogP contribution is 2.50. The maximum Gasteiger partial charge on any atom is 0.414 e. The minimum atomic E-state index is -4.62. The standard InChI is InChI=1S/C17H19F4NO2/c18-13-3-1-12(2-4-13)16(7-8-16)15(24)22-9-5-11(6-10-22)14(23)17(19,20)21/h1-4,11,14,23H,5-10H2. The van der Waals surface area contributed by atoms with Crippen LogP contribution in [0.1, 0.15) is 31.2 Å². The molecule has 1 saturated heterocycles. The number of likely N-dealkylation sites (tertiary alicyclic amines) is 1. The molecule has 1 aromatic carbocycles. The minimum Gasteiger partial charge on any atom is -0.383 e. The first-order valence-corrected chi connectivity index (χ1v) is 8.04. The molecule has 1 saturated carbocycles. The predicted octanol–water partition coefficient (Wildman–Crippen LogP) is 3.02. The van der Waals surface area contributed by atoms with E-state index < -0.39 is 23.6 Å². The van der Waals surface area contributed by atoms with E-state index in [1.165, 1.54) is 12.1 Å². The summed E-state index contributed by atoms with van der Waals surface area (Å²) >= 11 is 0. The molecule has 1 atom stereocenters. The second-order valence-corrected chi connectivity index (χ2v) is 6.71. The number of rotatable bonds is 3. The van der Waals surface area contributed by atoms with Crippen LogP contribution in [0.3, 0.4) is 0 Å². The van der Waals surface area contributed by atoms with E-state index in [4.69, 9.17) is 0 Å². The van der Waals surface area contributed by atoms with Crippen molar-refractivity contribution < 1.29 is 27.5 Å². The lowest BCUT2D eigenvalue weighted by atomic mass is 9.88. The Balaban J connectivity index is 1.64. The summed E-state index contributed by atoms with van der Waals surface area (Å²) in [4.78, 5) is 14.4. The van der Waals surface area contributed by atoms with Crippen LogP contribution < -0.4 is 0 Å². The number of aliphatic hydroxyl groups excluding tert-OH is 1. The molecule has 132 valence electrons. The molecule has 3 nitrogen and oxygen atoms in total. The summed E-state index contributed by atoms with van der Waals surface area (Å²) in [5.74, 6) is -1.34. The van der Waals surface area contributed by atoms with E-state index in [0.29, 0.717) is 12.8 Å². The molecule has 1 heterocycles. The zero-order valence-corrected chi connectivity index (χ0v) is 13.0. The third-order valence-corrected chi connectivity index (χ3v) is 5.16. The molecule has 7 heteroatoms.